The van der Waals surface area contributed by atoms with Gasteiger partial charge in [-0.25, -0.2) is 9.97 Å². The van der Waals surface area contributed by atoms with Crippen LogP contribution in [0.5, 0.6) is 0 Å². The minimum absolute atomic E-state index is 0.194. The van der Waals surface area contributed by atoms with Crippen LogP contribution in [0.15, 0.2) is 54.9 Å². The number of carbonyl (C=O) groups excluding carboxylic acids is 1. The zero-order valence-electron chi connectivity index (χ0n) is 16.6. The van der Waals surface area contributed by atoms with Gasteiger partial charge in [0, 0.05) is 40.3 Å². The Morgan fingerprint density at radius 3 is 2.34 bits per heavy atom. The van der Waals surface area contributed by atoms with Crippen molar-refractivity contribution in [2.45, 2.75) is 19.2 Å². The average Bonchev–Trinajstić information content (AvgIpc) is 3.05. The van der Waals surface area contributed by atoms with Gasteiger partial charge in [-0.05, 0) is 42.8 Å². The molecule has 6 nitrogen and oxygen atoms in total. The highest BCUT2D eigenvalue weighted by Gasteiger charge is 2.38. The van der Waals surface area contributed by atoms with E-state index in [0.29, 0.717) is 22.2 Å². The van der Waals surface area contributed by atoms with Gasteiger partial charge in [0.05, 0.1) is 17.2 Å². The van der Waals surface area contributed by atoms with Gasteiger partial charge in [0.15, 0.2) is 0 Å². The lowest BCUT2D eigenvalue weighted by atomic mass is 10.0. The van der Waals surface area contributed by atoms with Gasteiger partial charge in [-0.1, -0.05) is 12.1 Å². The second kappa shape index (κ2) is 7.10. The molecule has 0 spiro atoms. The van der Waals surface area contributed by atoms with Crippen LogP contribution in [0, 0.1) is 0 Å². The molecule has 2 aromatic heterocycles. The number of halogens is 3. The molecule has 0 saturated heterocycles. The zero-order valence-corrected chi connectivity index (χ0v) is 16.6. The van der Waals surface area contributed by atoms with E-state index < -0.39 is 23.9 Å². The first-order valence-electron chi connectivity index (χ1n) is 9.69. The van der Waals surface area contributed by atoms with Gasteiger partial charge in [0.1, 0.15) is 5.69 Å². The molecule has 32 heavy (non-hydrogen) atoms. The van der Waals surface area contributed by atoms with Crippen LogP contribution in [0.25, 0.3) is 22.0 Å². The first kappa shape index (κ1) is 20.1. The molecule has 1 aliphatic carbocycles. The summed E-state index contributed by atoms with van der Waals surface area (Å²) in [5.41, 5.74) is 3.49. The third-order valence-electron chi connectivity index (χ3n) is 5.32. The lowest BCUT2D eigenvalue weighted by molar-refractivity contribution is -0.145. The number of hydrogen-bond donors (Lipinski definition) is 2. The predicted octanol–water partition coefficient (Wildman–Crippen LogP) is 5.05. The molecule has 5 rings (SSSR count). The van der Waals surface area contributed by atoms with Crippen LogP contribution in [0.4, 0.5) is 24.5 Å². The fourth-order valence-corrected chi connectivity index (χ4v) is 3.75. The summed E-state index contributed by atoms with van der Waals surface area (Å²) < 4.78 is 39.1. The largest absolute Gasteiger partial charge is 0.451 e. The number of benzene rings is 2. The van der Waals surface area contributed by atoms with Crippen LogP contribution in [-0.2, 0) is 6.18 Å². The van der Waals surface area contributed by atoms with E-state index in [-0.39, 0.29) is 16.8 Å². The quantitative estimate of drug-likeness (QED) is 0.412. The minimum Gasteiger partial charge on any atom is -0.389 e. The van der Waals surface area contributed by atoms with E-state index >= 15 is 0 Å². The number of ketones is 1. The first-order valence-corrected chi connectivity index (χ1v) is 9.69. The molecular formula is C23H15F3N4O2. The summed E-state index contributed by atoms with van der Waals surface area (Å²) in [5.74, 6) is -1.96. The van der Waals surface area contributed by atoms with E-state index in [1.54, 1.807) is 31.2 Å². The Morgan fingerprint density at radius 2 is 1.66 bits per heavy atom. The number of alkyl halides is 3. The van der Waals surface area contributed by atoms with Crippen LogP contribution in [-0.4, -0.2) is 25.8 Å². The molecule has 160 valence electrons. The maximum absolute atomic E-state index is 13.0. The Bertz CT molecular complexity index is 1380. The number of hydrogen-bond acceptors (Lipinski definition) is 6. The van der Waals surface area contributed by atoms with Crippen LogP contribution in [0.3, 0.4) is 0 Å². The fourth-order valence-electron chi connectivity index (χ4n) is 3.75. The van der Waals surface area contributed by atoms with Gasteiger partial charge in [-0.15, -0.1) is 0 Å². The molecular weight excluding hydrogens is 421 g/mol. The van der Waals surface area contributed by atoms with Gasteiger partial charge in [0.2, 0.25) is 11.6 Å². The van der Waals surface area contributed by atoms with E-state index in [9.17, 15) is 23.1 Å². The molecule has 2 aromatic carbocycles. The molecule has 4 aromatic rings. The van der Waals surface area contributed by atoms with Crippen LogP contribution >= 0.6 is 0 Å². The van der Waals surface area contributed by atoms with Gasteiger partial charge in [0.25, 0.3) is 0 Å². The third kappa shape index (κ3) is 3.27. The number of nitrogens with zero attached hydrogens (tertiary/aromatic N) is 3. The third-order valence-corrected chi connectivity index (χ3v) is 5.32. The molecule has 0 aliphatic heterocycles. The Balaban J connectivity index is 1.59. The first-order chi connectivity index (χ1) is 15.2. The SMILES string of the molecule is CC(O)c1ccc(Nc2ccc3ncc4c(c3c2)-c2cnc(C(F)(F)F)nc2C4=O)cc1. The molecule has 2 N–H and O–H groups in total. The summed E-state index contributed by atoms with van der Waals surface area (Å²) in [5, 5.41) is 13.5. The molecule has 0 radical (unpaired) electrons. The molecule has 9 heteroatoms. The lowest BCUT2D eigenvalue weighted by Gasteiger charge is -2.11. The van der Waals surface area contributed by atoms with Crippen molar-refractivity contribution in [3.63, 3.8) is 0 Å². The molecule has 0 amide bonds. The van der Waals surface area contributed by atoms with Crippen molar-refractivity contribution >= 4 is 28.1 Å². The Kier molecular flexibility index (Phi) is 4.45. The Hall–Kier alpha value is -3.85. The molecule has 1 unspecified atom stereocenters. The zero-order chi connectivity index (χ0) is 22.6. The Morgan fingerprint density at radius 1 is 0.969 bits per heavy atom. The smallest absolute Gasteiger partial charge is 0.389 e. The lowest BCUT2D eigenvalue weighted by Crippen LogP contribution is -2.13. The number of carbonyl (C=O) groups is 1. The molecule has 2 heterocycles. The van der Waals surface area contributed by atoms with Crippen molar-refractivity contribution in [3.8, 4) is 11.1 Å². The summed E-state index contributed by atoms with van der Waals surface area (Å²) in [4.78, 5) is 23.9. The Labute approximate surface area is 179 Å². The highest BCUT2D eigenvalue weighted by atomic mass is 19.4. The van der Waals surface area contributed by atoms with Gasteiger partial charge < -0.3 is 10.4 Å². The summed E-state index contributed by atoms with van der Waals surface area (Å²) in [7, 11) is 0. The number of pyridine rings is 1. The van der Waals surface area contributed by atoms with Gasteiger partial charge in [-0.2, -0.15) is 13.2 Å². The minimum atomic E-state index is -4.75. The van der Waals surface area contributed by atoms with Crippen molar-refractivity contribution in [3.05, 3.63) is 77.5 Å². The van der Waals surface area contributed by atoms with Crippen molar-refractivity contribution in [2.24, 2.45) is 0 Å². The summed E-state index contributed by atoms with van der Waals surface area (Å²) in [6.07, 6.45) is -2.92. The molecule has 0 fully saturated rings. The van der Waals surface area contributed by atoms with Gasteiger partial charge >= 0.3 is 6.18 Å². The second-order valence-electron chi connectivity index (χ2n) is 7.48. The number of anilines is 2. The summed E-state index contributed by atoms with van der Waals surface area (Å²) in [6.45, 7) is 1.68. The number of aliphatic hydroxyl groups is 1. The number of aliphatic hydroxyl groups excluding tert-OH is 1. The maximum Gasteiger partial charge on any atom is 0.451 e. The summed E-state index contributed by atoms with van der Waals surface area (Å²) in [6, 6.07) is 12.6. The molecule has 1 atom stereocenters. The van der Waals surface area contributed by atoms with Crippen LogP contribution in [0.1, 0.15) is 40.5 Å². The molecule has 0 bridgehead atoms. The standard InChI is InChI=1S/C23H15F3N4O2/c1-11(31)12-2-4-13(5-3-12)29-14-6-7-18-15(8-14)19-16-9-28-22(23(24,25)26)30-20(16)21(32)17(19)10-27-18/h2-11,29,31H,1H3. The van der Waals surface area contributed by atoms with Crippen molar-refractivity contribution < 1.29 is 23.1 Å². The van der Waals surface area contributed by atoms with Crippen LogP contribution < -0.4 is 5.32 Å². The predicted molar refractivity (Wildman–Crippen MR) is 112 cm³/mol. The fraction of sp³-hybridized carbons (Fsp3) is 0.130. The van der Waals surface area contributed by atoms with Crippen molar-refractivity contribution in [1.29, 1.82) is 0 Å². The van der Waals surface area contributed by atoms with Gasteiger partial charge in [-0.3, -0.25) is 9.78 Å². The summed E-state index contributed by atoms with van der Waals surface area (Å²) >= 11 is 0. The number of nitrogens with one attached hydrogen (secondary N) is 1. The van der Waals surface area contributed by atoms with E-state index in [0.717, 1.165) is 17.4 Å². The molecule has 0 saturated carbocycles. The normalized spacial score (nSPS) is 13.7. The van der Waals surface area contributed by atoms with E-state index in [1.165, 1.54) is 6.20 Å². The highest BCUT2D eigenvalue weighted by Crippen LogP contribution is 2.41. The number of fused-ring (bicyclic) bond motifs is 5. The van der Waals surface area contributed by atoms with Crippen molar-refractivity contribution in [1.82, 2.24) is 15.0 Å². The number of rotatable bonds is 3. The van der Waals surface area contributed by atoms with E-state index in [1.807, 2.05) is 18.2 Å². The monoisotopic (exact) mass is 436 g/mol. The topological polar surface area (TPSA) is 88.0 Å². The van der Waals surface area contributed by atoms with Crippen LogP contribution in [0.2, 0.25) is 0 Å². The highest BCUT2D eigenvalue weighted by molar-refractivity contribution is 6.24. The molecule has 1 aliphatic rings. The maximum atomic E-state index is 13.0. The van der Waals surface area contributed by atoms with E-state index in [2.05, 4.69) is 20.3 Å². The average molecular weight is 436 g/mol. The van der Waals surface area contributed by atoms with Crippen molar-refractivity contribution in [2.75, 3.05) is 5.32 Å². The van der Waals surface area contributed by atoms with E-state index in [4.69, 9.17) is 0 Å². The second-order valence-corrected chi connectivity index (χ2v) is 7.48. The number of aromatic nitrogens is 3.